The summed E-state index contributed by atoms with van der Waals surface area (Å²) in [6.07, 6.45) is 1.09. The number of aromatic nitrogens is 2. The Morgan fingerprint density at radius 2 is 2.00 bits per heavy atom. The Hall–Kier alpha value is -2.21. The van der Waals surface area contributed by atoms with E-state index < -0.39 is 0 Å². The molecule has 0 fully saturated rings. The van der Waals surface area contributed by atoms with E-state index in [1.54, 1.807) is 22.6 Å². The fraction of sp³-hybridized carbons (Fsp3) is 0.526. The maximum absolute atomic E-state index is 12.9. The SMILES string of the molecule is CCC(=O)N(CCOC)C(CC)c1nc2ccccc2c(=O)n1CC. The van der Waals surface area contributed by atoms with Crippen LogP contribution in [0.2, 0.25) is 0 Å². The van der Waals surface area contributed by atoms with Crippen LogP contribution in [0.3, 0.4) is 0 Å². The molecular weight excluding hydrogens is 318 g/mol. The molecule has 0 saturated carbocycles. The topological polar surface area (TPSA) is 64.4 Å². The lowest BCUT2D eigenvalue weighted by Crippen LogP contribution is -2.40. The molecule has 0 N–H and O–H groups in total. The number of rotatable bonds is 8. The zero-order valence-corrected chi connectivity index (χ0v) is 15.5. The first-order valence-electron chi connectivity index (χ1n) is 8.86. The molecule has 1 heterocycles. The number of hydrogen-bond acceptors (Lipinski definition) is 4. The van der Waals surface area contributed by atoms with Crippen molar-refractivity contribution in [1.82, 2.24) is 14.5 Å². The number of hydrogen-bond donors (Lipinski definition) is 0. The first kappa shape index (κ1) is 19.1. The van der Waals surface area contributed by atoms with Crippen molar-refractivity contribution >= 4 is 16.8 Å². The van der Waals surface area contributed by atoms with Gasteiger partial charge in [0.05, 0.1) is 23.6 Å². The van der Waals surface area contributed by atoms with E-state index in [2.05, 4.69) is 0 Å². The molecule has 6 nitrogen and oxygen atoms in total. The molecule has 1 amide bonds. The summed E-state index contributed by atoms with van der Waals surface area (Å²) in [6, 6.07) is 7.10. The molecule has 2 aromatic rings. The molecule has 6 heteroatoms. The number of amides is 1. The van der Waals surface area contributed by atoms with Gasteiger partial charge < -0.3 is 9.64 Å². The van der Waals surface area contributed by atoms with Crippen molar-refractivity contribution in [3.8, 4) is 0 Å². The van der Waals surface area contributed by atoms with Crippen LogP contribution in [0, 0.1) is 0 Å². The second kappa shape index (κ2) is 8.76. The molecule has 0 spiro atoms. The van der Waals surface area contributed by atoms with Crippen LogP contribution in [0.1, 0.15) is 45.5 Å². The van der Waals surface area contributed by atoms with Gasteiger partial charge in [-0.1, -0.05) is 26.0 Å². The third kappa shape index (κ3) is 3.90. The molecular formula is C19H27N3O3. The van der Waals surface area contributed by atoms with Crippen molar-refractivity contribution in [3.05, 3.63) is 40.4 Å². The van der Waals surface area contributed by atoms with E-state index in [0.717, 1.165) is 0 Å². The van der Waals surface area contributed by atoms with E-state index in [9.17, 15) is 9.59 Å². The number of methoxy groups -OCH3 is 1. The fourth-order valence-electron chi connectivity index (χ4n) is 3.13. The highest BCUT2D eigenvalue weighted by Gasteiger charge is 2.27. The molecule has 0 saturated heterocycles. The van der Waals surface area contributed by atoms with Crippen LogP contribution in [0.15, 0.2) is 29.1 Å². The van der Waals surface area contributed by atoms with Gasteiger partial charge in [0.2, 0.25) is 5.91 Å². The number of benzene rings is 1. The predicted molar refractivity (Wildman–Crippen MR) is 98.6 cm³/mol. The predicted octanol–water partition coefficient (Wildman–Crippen LogP) is 2.75. The molecule has 1 atom stereocenters. The van der Waals surface area contributed by atoms with Gasteiger partial charge >= 0.3 is 0 Å². The third-order valence-corrected chi connectivity index (χ3v) is 4.43. The normalized spacial score (nSPS) is 12.3. The van der Waals surface area contributed by atoms with Crippen LogP contribution in [0.25, 0.3) is 10.9 Å². The summed E-state index contributed by atoms with van der Waals surface area (Å²) < 4.78 is 6.85. The Bertz CT molecular complexity index is 785. The van der Waals surface area contributed by atoms with Crippen LogP contribution in [-0.4, -0.2) is 40.6 Å². The van der Waals surface area contributed by atoms with Crippen molar-refractivity contribution in [2.75, 3.05) is 20.3 Å². The number of fused-ring (bicyclic) bond motifs is 1. The quantitative estimate of drug-likeness (QED) is 0.738. The van der Waals surface area contributed by atoms with Crippen molar-refractivity contribution in [2.24, 2.45) is 0 Å². The van der Waals surface area contributed by atoms with Gasteiger partial charge in [0.15, 0.2) is 0 Å². The maximum Gasteiger partial charge on any atom is 0.261 e. The summed E-state index contributed by atoms with van der Waals surface area (Å²) in [5.74, 6) is 0.681. The van der Waals surface area contributed by atoms with Gasteiger partial charge in [-0.05, 0) is 25.5 Å². The van der Waals surface area contributed by atoms with Crippen LogP contribution in [0.4, 0.5) is 0 Å². The lowest BCUT2D eigenvalue weighted by molar-refractivity contribution is -0.134. The molecule has 2 rings (SSSR count). The number of ether oxygens (including phenoxy) is 1. The largest absolute Gasteiger partial charge is 0.383 e. The zero-order chi connectivity index (χ0) is 18.4. The van der Waals surface area contributed by atoms with Gasteiger partial charge in [0.25, 0.3) is 5.56 Å². The second-order valence-electron chi connectivity index (χ2n) is 5.89. The second-order valence-corrected chi connectivity index (χ2v) is 5.89. The summed E-state index contributed by atoms with van der Waals surface area (Å²) in [6.45, 7) is 7.22. The first-order valence-corrected chi connectivity index (χ1v) is 8.86. The van der Waals surface area contributed by atoms with Gasteiger partial charge in [0, 0.05) is 26.6 Å². The maximum atomic E-state index is 12.9. The van der Waals surface area contributed by atoms with Crippen LogP contribution >= 0.6 is 0 Å². The third-order valence-electron chi connectivity index (χ3n) is 4.43. The van der Waals surface area contributed by atoms with E-state index in [4.69, 9.17) is 9.72 Å². The molecule has 1 aromatic carbocycles. The Kier molecular flexibility index (Phi) is 6.70. The van der Waals surface area contributed by atoms with Crippen LogP contribution in [-0.2, 0) is 16.1 Å². The van der Waals surface area contributed by atoms with Gasteiger partial charge in [-0.15, -0.1) is 0 Å². The first-order chi connectivity index (χ1) is 12.1. The van der Waals surface area contributed by atoms with Crippen molar-refractivity contribution in [2.45, 2.75) is 46.2 Å². The molecule has 1 unspecified atom stereocenters. The zero-order valence-electron chi connectivity index (χ0n) is 15.5. The molecule has 25 heavy (non-hydrogen) atoms. The molecule has 0 aliphatic rings. The molecule has 0 aliphatic heterocycles. The monoisotopic (exact) mass is 345 g/mol. The lowest BCUT2D eigenvalue weighted by Gasteiger charge is -2.32. The average Bonchev–Trinajstić information content (AvgIpc) is 2.64. The van der Waals surface area contributed by atoms with E-state index in [1.807, 2.05) is 39.0 Å². The van der Waals surface area contributed by atoms with Crippen molar-refractivity contribution in [1.29, 1.82) is 0 Å². The Balaban J connectivity index is 2.62. The average molecular weight is 345 g/mol. The molecule has 136 valence electrons. The van der Waals surface area contributed by atoms with E-state index in [-0.39, 0.29) is 17.5 Å². The minimum absolute atomic E-state index is 0.0361. The number of para-hydroxylation sites is 1. The summed E-state index contributed by atoms with van der Waals surface area (Å²) >= 11 is 0. The molecule has 0 bridgehead atoms. The molecule has 0 radical (unpaired) electrons. The number of carbonyl (C=O) groups excluding carboxylic acids is 1. The van der Waals surface area contributed by atoms with E-state index >= 15 is 0 Å². The lowest BCUT2D eigenvalue weighted by atomic mass is 10.1. The highest BCUT2D eigenvalue weighted by atomic mass is 16.5. The van der Waals surface area contributed by atoms with Gasteiger partial charge in [-0.2, -0.15) is 0 Å². The summed E-state index contributed by atoms with van der Waals surface area (Å²) in [4.78, 5) is 31.9. The van der Waals surface area contributed by atoms with E-state index in [0.29, 0.717) is 49.3 Å². The smallest absolute Gasteiger partial charge is 0.261 e. The summed E-state index contributed by atoms with van der Waals surface area (Å²) in [7, 11) is 1.62. The molecule has 1 aromatic heterocycles. The molecule has 0 aliphatic carbocycles. The minimum atomic E-state index is -0.250. The minimum Gasteiger partial charge on any atom is -0.383 e. The van der Waals surface area contributed by atoms with Gasteiger partial charge in [-0.3, -0.25) is 14.2 Å². The standard InChI is InChI=1S/C19H27N3O3/c1-5-16(22(12-13-25-4)17(23)6-2)18-20-15-11-9-8-10-14(15)19(24)21(18)7-3/h8-11,16H,5-7,12-13H2,1-4H3. The highest BCUT2D eigenvalue weighted by molar-refractivity contribution is 5.78. The van der Waals surface area contributed by atoms with Crippen molar-refractivity contribution in [3.63, 3.8) is 0 Å². The van der Waals surface area contributed by atoms with Crippen LogP contribution < -0.4 is 5.56 Å². The number of carbonyl (C=O) groups is 1. The Morgan fingerprint density at radius 3 is 2.60 bits per heavy atom. The van der Waals surface area contributed by atoms with Crippen molar-refractivity contribution < 1.29 is 9.53 Å². The van der Waals surface area contributed by atoms with Crippen LogP contribution in [0.5, 0.6) is 0 Å². The summed E-state index contributed by atoms with van der Waals surface area (Å²) in [5.41, 5.74) is 0.610. The highest BCUT2D eigenvalue weighted by Crippen LogP contribution is 2.24. The van der Waals surface area contributed by atoms with Gasteiger partial charge in [0.1, 0.15) is 5.82 Å². The van der Waals surface area contributed by atoms with E-state index in [1.165, 1.54) is 0 Å². The Morgan fingerprint density at radius 1 is 1.28 bits per heavy atom. The summed E-state index contributed by atoms with van der Waals surface area (Å²) in [5, 5.41) is 0.605. The number of nitrogens with zero attached hydrogens (tertiary/aromatic N) is 3. The van der Waals surface area contributed by atoms with Gasteiger partial charge in [-0.25, -0.2) is 4.98 Å². The fourth-order valence-corrected chi connectivity index (χ4v) is 3.13. The Labute approximate surface area is 148 Å².